The van der Waals surface area contributed by atoms with Gasteiger partial charge in [-0.15, -0.1) is 0 Å². The van der Waals surface area contributed by atoms with Gasteiger partial charge in [0, 0.05) is 11.1 Å². The van der Waals surface area contributed by atoms with E-state index in [0.717, 1.165) is 11.8 Å². The van der Waals surface area contributed by atoms with E-state index in [1.165, 1.54) is 30.3 Å². The highest BCUT2D eigenvalue weighted by Crippen LogP contribution is 2.33. The Kier molecular flexibility index (Phi) is 6.67. The molecule has 37 heavy (non-hydrogen) atoms. The molecule has 2 aromatic heterocycles. The van der Waals surface area contributed by atoms with E-state index in [1.807, 2.05) is 0 Å². The fourth-order valence-electron chi connectivity index (χ4n) is 3.81. The summed E-state index contributed by atoms with van der Waals surface area (Å²) < 4.78 is 80.9. The first-order valence-electron chi connectivity index (χ1n) is 10.8. The number of carbonyl (C=O) groups excluding carboxylic acids is 1. The number of nitrogens with zero attached hydrogens (tertiary/aromatic N) is 3. The molecule has 0 spiro atoms. The van der Waals surface area contributed by atoms with Gasteiger partial charge >= 0.3 is 6.18 Å². The lowest BCUT2D eigenvalue weighted by molar-refractivity contribution is -0.140. The van der Waals surface area contributed by atoms with Crippen molar-refractivity contribution in [3.8, 4) is 0 Å². The lowest BCUT2D eigenvalue weighted by atomic mass is 10.1. The van der Waals surface area contributed by atoms with E-state index in [0.29, 0.717) is 23.1 Å². The molecular weight excluding hydrogens is 514 g/mol. The molecule has 2 aromatic carbocycles. The minimum absolute atomic E-state index is 0.0214. The van der Waals surface area contributed by atoms with E-state index >= 15 is 0 Å². The van der Waals surface area contributed by atoms with Gasteiger partial charge in [0.15, 0.2) is 0 Å². The number of fused-ring (bicyclic) bond motifs is 1. The lowest BCUT2D eigenvalue weighted by Gasteiger charge is -2.14. The van der Waals surface area contributed by atoms with Crippen molar-refractivity contribution in [3.05, 3.63) is 82.6 Å². The molecule has 13 heteroatoms. The number of carbonyl (C=O) groups is 1. The van der Waals surface area contributed by atoms with Gasteiger partial charge in [-0.2, -0.15) is 18.3 Å². The van der Waals surface area contributed by atoms with Gasteiger partial charge in [-0.1, -0.05) is 12.1 Å². The minimum Gasteiger partial charge on any atom is -0.319 e. The van der Waals surface area contributed by atoms with Crippen molar-refractivity contribution in [1.82, 2.24) is 14.8 Å². The quantitative estimate of drug-likeness (QED) is 0.343. The first-order chi connectivity index (χ1) is 17.2. The number of pyridine rings is 1. The van der Waals surface area contributed by atoms with Crippen LogP contribution in [0.5, 0.6) is 0 Å². The van der Waals surface area contributed by atoms with Crippen LogP contribution in [0, 0.1) is 19.7 Å². The Balaban J connectivity index is 1.74. The van der Waals surface area contributed by atoms with Crippen LogP contribution in [0.3, 0.4) is 0 Å². The van der Waals surface area contributed by atoms with E-state index in [1.54, 1.807) is 30.7 Å². The summed E-state index contributed by atoms with van der Waals surface area (Å²) in [6, 6.07) is 10.1. The fraction of sp³-hybridized carbons (Fsp3) is 0.208. The maximum atomic E-state index is 13.5. The zero-order chi connectivity index (χ0) is 27.1. The molecule has 0 bridgehead atoms. The Morgan fingerprint density at radius 1 is 1.05 bits per heavy atom. The van der Waals surface area contributed by atoms with Crippen LogP contribution in [0.15, 0.2) is 48.5 Å². The number of hydrogen-bond acceptors (Lipinski definition) is 5. The predicted molar refractivity (Wildman–Crippen MR) is 130 cm³/mol. The molecule has 0 radical (unpaired) electrons. The zero-order valence-electron chi connectivity index (χ0n) is 19.8. The molecule has 194 valence electrons. The van der Waals surface area contributed by atoms with Crippen LogP contribution in [0.1, 0.15) is 33.0 Å². The monoisotopic (exact) mass is 535 g/mol. The molecular formula is C24H21F4N5O3S. The van der Waals surface area contributed by atoms with E-state index in [-0.39, 0.29) is 34.5 Å². The van der Waals surface area contributed by atoms with E-state index < -0.39 is 27.8 Å². The van der Waals surface area contributed by atoms with Crippen LogP contribution in [0.25, 0.3) is 10.9 Å². The molecule has 0 saturated carbocycles. The SMILES string of the molecule is Cc1nn(Cc2ccc(F)cc2)c(C)c1NC(=O)c1cc(C(F)(F)F)nc2ccc(NS(C)(=O)=O)cc12. The Morgan fingerprint density at radius 3 is 2.35 bits per heavy atom. The van der Waals surface area contributed by atoms with Crippen molar-refractivity contribution in [2.75, 3.05) is 16.3 Å². The second-order valence-corrected chi connectivity index (χ2v) is 10.2. The number of aryl methyl sites for hydroxylation is 1. The summed E-state index contributed by atoms with van der Waals surface area (Å²) in [5.41, 5.74) is 0.311. The van der Waals surface area contributed by atoms with Gasteiger partial charge in [-0.25, -0.2) is 17.8 Å². The van der Waals surface area contributed by atoms with Crippen LogP contribution >= 0.6 is 0 Å². The largest absolute Gasteiger partial charge is 0.433 e. The van der Waals surface area contributed by atoms with Gasteiger partial charge in [0.25, 0.3) is 5.91 Å². The first-order valence-corrected chi connectivity index (χ1v) is 12.7. The summed E-state index contributed by atoms with van der Waals surface area (Å²) in [6.07, 6.45) is -3.90. The molecule has 0 saturated heterocycles. The summed E-state index contributed by atoms with van der Waals surface area (Å²) in [7, 11) is -3.68. The number of hydrogen-bond donors (Lipinski definition) is 2. The van der Waals surface area contributed by atoms with E-state index in [9.17, 15) is 30.8 Å². The standard InChI is InChI=1S/C24H21F4N5O3S/c1-13-22(14(2)33(31-13)12-15-4-6-16(25)7-5-15)30-23(34)19-11-21(24(26,27)28)29-20-9-8-17(10-18(19)20)32-37(3,35)36/h4-11,32H,12H2,1-3H3,(H,30,34). The molecule has 0 aliphatic heterocycles. The van der Waals surface area contributed by atoms with Gasteiger partial charge in [-0.05, 0) is 55.8 Å². The summed E-state index contributed by atoms with van der Waals surface area (Å²) in [5.74, 6) is -1.25. The van der Waals surface area contributed by atoms with Crippen LogP contribution in [-0.4, -0.2) is 35.3 Å². The molecule has 2 N–H and O–H groups in total. The highest BCUT2D eigenvalue weighted by molar-refractivity contribution is 7.92. The highest BCUT2D eigenvalue weighted by Gasteiger charge is 2.34. The van der Waals surface area contributed by atoms with E-state index in [2.05, 4.69) is 20.1 Å². The van der Waals surface area contributed by atoms with Crippen LogP contribution in [0.2, 0.25) is 0 Å². The average Bonchev–Trinajstić information content (AvgIpc) is 3.05. The zero-order valence-corrected chi connectivity index (χ0v) is 20.6. The number of rotatable bonds is 6. The van der Waals surface area contributed by atoms with Crippen molar-refractivity contribution in [2.24, 2.45) is 0 Å². The summed E-state index contributed by atoms with van der Waals surface area (Å²) in [4.78, 5) is 16.9. The molecule has 1 amide bonds. The number of sulfonamides is 1. The van der Waals surface area contributed by atoms with E-state index in [4.69, 9.17) is 0 Å². The van der Waals surface area contributed by atoms with Crippen molar-refractivity contribution in [2.45, 2.75) is 26.6 Å². The number of amides is 1. The molecule has 0 unspecified atom stereocenters. The minimum atomic E-state index is -4.82. The highest BCUT2D eigenvalue weighted by atomic mass is 32.2. The lowest BCUT2D eigenvalue weighted by Crippen LogP contribution is -2.17. The Morgan fingerprint density at radius 2 is 1.73 bits per heavy atom. The Bertz CT molecular complexity index is 1610. The number of aromatic nitrogens is 3. The third-order valence-electron chi connectivity index (χ3n) is 5.51. The summed E-state index contributed by atoms with van der Waals surface area (Å²) >= 11 is 0. The maximum absolute atomic E-state index is 13.5. The number of anilines is 2. The third-order valence-corrected chi connectivity index (χ3v) is 6.12. The van der Waals surface area contributed by atoms with Crippen LogP contribution in [-0.2, 0) is 22.7 Å². The van der Waals surface area contributed by atoms with Crippen molar-refractivity contribution in [3.63, 3.8) is 0 Å². The molecule has 0 aliphatic rings. The van der Waals surface area contributed by atoms with Gasteiger partial charge in [-0.3, -0.25) is 14.2 Å². The average molecular weight is 536 g/mol. The van der Waals surface area contributed by atoms with Gasteiger partial charge < -0.3 is 5.32 Å². The first kappa shape index (κ1) is 26.1. The van der Waals surface area contributed by atoms with Crippen LogP contribution < -0.4 is 10.0 Å². The Hall–Kier alpha value is -4.00. The smallest absolute Gasteiger partial charge is 0.319 e. The van der Waals surface area contributed by atoms with Crippen molar-refractivity contribution in [1.29, 1.82) is 0 Å². The maximum Gasteiger partial charge on any atom is 0.433 e. The summed E-state index contributed by atoms with van der Waals surface area (Å²) in [5, 5.41) is 7.04. The van der Waals surface area contributed by atoms with Crippen molar-refractivity contribution < 1.29 is 30.8 Å². The third kappa shape index (κ3) is 5.88. The number of alkyl halides is 3. The number of halogens is 4. The Labute approximate surface area is 209 Å². The molecule has 0 aliphatic carbocycles. The second kappa shape index (κ2) is 9.47. The summed E-state index contributed by atoms with van der Waals surface area (Å²) in [6.45, 7) is 3.59. The van der Waals surface area contributed by atoms with Gasteiger partial charge in [0.2, 0.25) is 10.0 Å². The number of benzene rings is 2. The molecule has 4 rings (SSSR count). The molecule has 0 fully saturated rings. The topological polar surface area (TPSA) is 106 Å². The molecule has 4 aromatic rings. The van der Waals surface area contributed by atoms with Crippen molar-refractivity contribution >= 4 is 38.2 Å². The normalized spacial score (nSPS) is 12.1. The van der Waals surface area contributed by atoms with Gasteiger partial charge in [0.1, 0.15) is 11.5 Å². The molecule has 2 heterocycles. The predicted octanol–water partition coefficient (Wildman–Crippen LogP) is 4.88. The molecule has 0 atom stereocenters. The van der Waals surface area contributed by atoms with Gasteiger partial charge in [0.05, 0.1) is 41.0 Å². The van der Waals surface area contributed by atoms with Crippen LogP contribution in [0.4, 0.5) is 28.9 Å². The number of nitrogens with one attached hydrogen (secondary N) is 2. The fourth-order valence-corrected chi connectivity index (χ4v) is 4.37. The molecule has 8 nitrogen and oxygen atoms in total. The second-order valence-electron chi connectivity index (χ2n) is 8.44.